The van der Waals surface area contributed by atoms with Gasteiger partial charge in [-0.15, -0.1) is 0 Å². The van der Waals surface area contributed by atoms with Gasteiger partial charge in [-0.25, -0.2) is 0 Å². The molecule has 0 unspecified atom stereocenters. The largest absolute Gasteiger partial charge is 0.377 e. The number of carbonyl (C=O) groups excluding carboxylic acids is 2. The number of carbonyl (C=O) groups is 2. The molecule has 21 heavy (non-hydrogen) atoms. The number of amides is 2. The molecule has 0 fully saturated rings. The molecule has 2 N–H and O–H groups in total. The van der Waals surface area contributed by atoms with E-state index >= 15 is 0 Å². The Morgan fingerprint density at radius 3 is 2.48 bits per heavy atom. The predicted octanol–water partition coefficient (Wildman–Crippen LogP) is 2.63. The molecule has 1 aromatic rings. The Balaban J connectivity index is 3.06. The zero-order valence-corrected chi connectivity index (χ0v) is 13.8. The van der Waals surface area contributed by atoms with Crippen LogP contribution in [0.3, 0.4) is 0 Å². The molecule has 0 spiro atoms. The highest BCUT2D eigenvalue weighted by Gasteiger charge is 2.16. The van der Waals surface area contributed by atoms with E-state index in [1.54, 1.807) is 18.2 Å². The number of anilines is 2. The second kappa shape index (κ2) is 8.10. The molecule has 1 rings (SSSR count). The molecular weight excluding hydrogens is 313 g/mol. The Morgan fingerprint density at radius 1 is 1.29 bits per heavy atom. The van der Waals surface area contributed by atoms with Crippen molar-refractivity contribution in [1.29, 1.82) is 0 Å². The van der Waals surface area contributed by atoms with Crippen LogP contribution in [0.2, 0.25) is 0 Å². The number of hydrogen-bond acceptors (Lipinski definition) is 3. The van der Waals surface area contributed by atoms with Gasteiger partial charge in [-0.2, -0.15) is 0 Å². The molecule has 0 radical (unpaired) electrons. The van der Waals surface area contributed by atoms with Crippen LogP contribution in [0.25, 0.3) is 0 Å². The highest BCUT2D eigenvalue weighted by Crippen LogP contribution is 2.23. The third-order valence-corrected chi connectivity index (χ3v) is 3.12. The van der Waals surface area contributed by atoms with Gasteiger partial charge in [-0.1, -0.05) is 30.1 Å². The quantitative estimate of drug-likeness (QED) is 0.788. The summed E-state index contributed by atoms with van der Waals surface area (Å²) in [6, 6.07) is 5.06. The molecule has 0 aromatic heterocycles. The van der Waals surface area contributed by atoms with Crippen molar-refractivity contribution in [2.45, 2.75) is 18.2 Å². The summed E-state index contributed by atoms with van der Waals surface area (Å²) in [5.74, 6) is -0.721. The minimum absolute atomic E-state index is 0.190. The van der Waals surface area contributed by atoms with Crippen molar-refractivity contribution in [3.05, 3.63) is 23.8 Å². The summed E-state index contributed by atoms with van der Waals surface area (Å²) in [5, 5.41) is 5.37. The Labute approximate surface area is 134 Å². The summed E-state index contributed by atoms with van der Waals surface area (Å²) < 4.78 is 0. The predicted molar refractivity (Wildman–Crippen MR) is 87.5 cm³/mol. The molecule has 1 aromatic carbocycles. The first-order valence-electron chi connectivity index (χ1n) is 6.55. The average Bonchev–Trinajstić information content (AvgIpc) is 2.44. The first-order valence-corrected chi connectivity index (χ1v) is 7.42. The number of nitrogens with one attached hydrogen (secondary N) is 2. The van der Waals surface area contributed by atoms with Crippen molar-refractivity contribution in [1.82, 2.24) is 5.32 Å². The molecule has 0 aliphatic carbocycles. The van der Waals surface area contributed by atoms with E-state index in [4.69, 9.17) is 23.2 Å². The van der Waals surface area contributed by atoms with Gasteiger partial charge in [-0.3, -0.25) is 9.59 Å². The van der Waals surface area contributed by atoms with E-state index in [0.717, 1.165) is 12.1 Å². The first kappa shape index (κ1) is 17.6. The standard InChI is InChI=1S/C14H19Cl2N3O2/c1-4-7-17-13(20)10-8-9(18-14(21)12(15)16)5-6-11(10)19(2)3/h5-6,8,12H,4,7H2,1-3H3,(H,17,20)(H,18,21). The lowest BCUT2D eigenvalue weighted by Crippen LogP contribution is -2.27. The Morgan fingerprint density at radius 2 is 1.95 bits per heavy atom. The van der Waals surface area contributed by atoms with E-state index in [1.165, 1.54) is 0 Å². The third kappa shape index (κ3) is 5.10. The smallest absolute Gasteiger partial charge is 0.257 e. The highest BCUT2D eigenvalue weighted by atomic mass is 35.5. The van der Waals surface area contributed by atoms with Crippen molar-refractivity contribution in [2.24, 2.45) is 0 Å². The lowest BCUT2D eigenvalue weighted by molar-refractivity contribution is -0.114. The summed E-state index contributed by atoms with van der Waals surface area (Å²) in [7, 11) is 3.69. The van der Waals surface area contributed by atoms with Gasteiger partial charge < -0.3 is 15.5 Å². The van der Waals surface area contributed by atoms with E-state index in [2.05, 4.69) is 10.6 Å². The number of nitrogens with zero attached hydrogens (tertiary/aromatic N) is 1. The average molecular weight is 332 g/mol. The molecule has 2 amide bonds. The van der Waals surface area contributed by atoms with Crippen LogP contribution in [0.5, 0.6) is 0 Å². The number of alkyl halides is 2. The fraction of sp³-hybridized carbons (Fsp3) is 0.429. The molecule has 0 saturated carbocycles. The SMILES string of the molecule is CCCNC(=O)c1cc(NC(=O)C(Cl)Cl)ccc1N(C)C. The van der Waals surface area contributed by atoms with Gasteiger partial charge in [0, 0.05) is 32.0 Å². The van der Waals surface area contributed by atoms with Gasteiger partial charge in [0.15, 0.2) is 4.84 Å². The summed E-state index contributed by atoms with van der Waals surface area (Å²) in [4.78, 5) is 24.4. The van der Waals surface area contributed by atoms with Crippen LogP contribution >= 0.6 is 23.2 Å². The second-order valence-corrected chi connectivity index (χ2v) is 5.77. The van der Waals surface area contributed by atoms with Crippen LogP contribution in [0.1, 0.15) is 23.7 Å². The van der Waals surface area contributed by atoms with Crippen molar-refractivity contribution in [3.63, 3.8) is 0 Å². The monoisotopic (exact) mass is 331 g/mol. The van der Waals surface area contributed by atoms with Crippen LogP contribution < -0.4 is 15.5 Å². The van der Waals surface area contributed by atoms with Gasteiger partial charge in [0.1, 0.15) is 0 Å². The normalized spacial score (nSPS) is 10.4. The topological polar surface area (TPSA) is 61.4 Å². The zero-order chi connectivity index (χ0) is 16.0. The summed E-state index contributed by atoms with van der Waals surface area (Å²) in [6.07, 6.45) is 0.847. The third-order valence-electron chi connectivity index (χ3n) is 2.72. The van der Waals surface area contributed by atoms with E-state index < -0.39 is 10.7 Å². The molecule has 0 atom stereocenters. The molecule has 7 heteroatoms. The van der Waals surface area contributed by atoms with Gasteiger partial charge >= 0.3 is 0 Å². The maximum absolute atomic E-state index is 12.2. The van der Waals surface area contributed by atoms with Gasteiger partial charge in [-0.05, 0) is 24.6 Å². The molecule has 0 bridgehead atoms. The highest BCUT2D eigenvalue weighted by molar-refractivity contribution is 6.54. The Kier molecular flexibility index (Phi) is 6.78. The molecule has 0 saturated heterocycles. The number of rotatable bonds is 6. The maximum Gasteiger partial charge on any atom is 0.257 e. The van der Waals surface area contributed by atoms with Crippen molar-refractivity contribution < 1.29 is 9.59 Å². The van der Waals surface area contributed by atoms with Crippen molar-refractivity contribution >= 4 is 46.4 Å². The molecule has 5 nitrogen and oxygen atoms in total. The summed E-state index contributed by atoms with van der Waals surface area (Å²) in [5.41, 5.74) is 1.71. The van der Waals surface area contributed by atoms with Crippen LogP contribution in [-0.4, -0.2) is 37.3 Å². The summed E-state index contributed by atoms with van der Waals surface area (Å²) >= 11 is 11.0. The second-order valence-electron chi connectivity index (χ2n) is 4.67. The van der Waals surface area contributed by atoms with E-state index in [1.807, 2.05) is 25.9 Å². The van der Waals surface area contributed by atoms with Crippen LogP contribution in [-0.2, 0) is 4.79 Å². The number of benzene rings is 1. The summed E-state index contributed by atoms with van der Waals surface area (Å²) in [6.45, 7) is 2.57. The van der Waals surface area contributed by atoms with Gasteiger partial charge in [0.2, 0.25) is 0 Å². The van der Waals surface area contributed by atoms with Crippen LogP contribution in [0.15, 0.2) is 18.2 Å². The Hall–Kier alpha value is -1.46. The van der Waals surface area contributed by atoms with Crippen LogP contribution in [0, 0.1) is 0 Å². The van der Waals surface area contributed by atoms with Crippen LogP contribution in [0.4, 0.5) is 11.4 Å². The number of halogens is 2. The van der Waals surface area contributed by atoms with E-state index in [0.29, 0.717) is 17.8 Å². The fourth-order valence-corrected chi connectivity index (χ4v) is 1.83. The van der Waals surface area contributed by atoms with E-state index in [9.17, 15) is 9.59 Å². The van der Waals surface area contributed by atoms with Gasteiger partial charge in [0.25, 0.3) is 11.8 Å². The fourth-order valence-electron chi connectivity index (χ4n) is 1.72. The Bertz CT molecular complexity index is 519. The minimum Gasteiger partial charge on any atom is -0.377 e. The number of hydrogen-bond donors (Lipinski definition) is 2. The van der Waals surface area contributed by atoms with E-state index in [-0.39, 0.29) is 5.91 Å². The molecule has 0 aliphatic heterocycles. The van der Waals surface area contributed by atoms with Crippen molar-refractivity contribution in [2.75, 3.05) is 30.9 Å². The van der Waals surface area contributed by atoms with Crippen molar-refractivity contribution in [3.8, 4) is 0 Å². The minimum atomic E-state index is -1.16. The van der Waals surface area contributed by atoms with Gasteiger partial charge in [0.05, 0.1) is 5.56 Å². The molecule has 0 heterocycles. The zero-order valence-electron chi connectivity index (χ0n) is 12.2. The first-order chi connectivity index (χ1) is 9.86. The molecular formula is C14H19Cl2N3O2. The lowest BCUT2D eigenvalue weighted by atomic mass is 10.1. The molecule has 0 aliphatic rings. The lowest BCUT2D eigenvalue weighted by Gasteiger charge is -2.18. The maximum atomic E-state index is 12.2. The molecule has 116 valence electrons.